The van der Waals surface area contributed by atoms with Gasteiger partial charge in [0.1, 0.15) is 0 Å². The van der Waals surface area contributed by atoms with Crippen LogP contribution in [0, 0.1) is 0 Å². The van der Waals surface area contributed by atoms with Gasteiger partial charge in [-0.2, -0.15) is 4.57 Å². The van der Waals surface area contributed by atoms with Gasteiger partial charge < -0.3 is 28.1 Å². The summed E-state index contributed by atoms with van der Waals surface area (Å²) in [7, 11) is 0. The Morgan fingerprint density at radius 3 is 2.59 bits per heavy atom. The van der Waals surface area contributed by atoms with Gasteiger partial charge in [0.25, 0.3) is 6.73 Å². The number of hydrogen-bond donors (Lipinski definition) is 2. The molecule has 1 aromatic heterocycles. The minimum absolute atomic E-state index is 0. The third-order valence-corrected chi connectivity index (χ3v) is 2.93. The van der Waals surface area contributed by atoms with E-state index in [4.69, 9.17) is 15.7 Å². The first-order valence-corrected chi connectivity index (χ1v) is 6.32. The van der Waals surface area contributed by atoms with Crippen LogP contribution < -0.4 is 22.7 Å². The second kappa shape index (κ2) is 8.76. The Balaban J connectivity index is 0.00000242. The van der Waals surface area contributed by atoms with Gasteiger partial charge in [-0.15, -0.1) is 0 Å². The Bertz CT molecular complexity index is 645. The highest BCUT2D eigenvalue weighted by Gasteiger charge is 2.05. The maximum absolute atomic E-state index is 11.0. The van der Waals surface area contributed by atoms with Crippen molar-refractivity contribution in [1.82, 2.24) is 0 Å². The fraction of sp³-hybridized carbons (Fsp3) is 0.133. The molecule has 2 aromatic rings. The quantitative estimate of drug-likeness (QED) is 0.281. The number of primary amides is 1. The van der Waals surface area contributed by atoms with Gasteiger partial charge in [0.05, 0.1) is 18.4 Å². The first-order valence-electron chi connectivity index (χ1n) is 6.32. The largest absolute Gasteiger partial charge is 1.00 e. The minimum Gasteiger partial charge on any atom is -1.00 e. The topological polar surface area (TPSA) is 88.8 Å². The van der Waals surface area contributed by atoms with Crippen LogP contribution in [0.25, 0.3) is 0 Å². The normalized spacial score (nSPS) is 10.4. The average molecular weight is 322 g/mol. The molecular formula is C15H16ClN3O3. The molecule has 0 saturated carbocycles. The molecule has 0 aliphatic rings. The van der Waals surface area contributed by atoms with Crippen LogP contribution in [0.5, 0.6) is 0 Å². The molecular weight excluding hydrogens is 306 g/mol. The summed E-state index contributed by atoms with van der Waals surface area (Å²) in [6, 6.07) is 10.8. The lowest BCUT2D eigenvalue weighted by Crippen LogP contribution is -3.00. The van der Waals surface area contributed by atoms with Gasteiger partial charge in [0, 0.05) is 17.7 Å². The van der Waals surface area contributed by atoms with Crippen LogP contribution in [-0.2, 0) is 18.1 Å². The van der Waals surface area contributed by atoms with Crippen LogP contribution in [-0.4, -0.2) is 17.3 Å². The maximum atomic E-state index is 11.0. The Morgan fingerprint density at radius 2 is 1.95 bits per heavy atom. The highest BCUT2D eigenvalue weighted by molar-refractivity contribution is 5.92. The molecule has 1 aromatic carbocycles. The van der Waals surface area contributed by atoms with Gasteiger partial charge in [-0.25, -0.2) is 0 Å². The SMILES string of the molecule is NC(=O)c1cc[n+](COCc2ccccc2/C=N/O)cc1.[Cl-]. The Labute approximate surface area is 134 Å². The number of oxime groups is 1. The summed E-state index contributed by atoms with van der Waals surface area (Å²) in [5, 5.41) is 11.6. The lowest BCUT2D eigenvalue weighted by atomic mass is 10.1. The number of halogens is 1. The summed E-state index contributed by atoms with van der Waals surface area (Å²) < 4.78 is 7.38. The van der Waals surface area contributed by atoms with Gasteiger partial charge in [-0.3, -0.25) is 4.79 Å². The molecule has 1 amide bonds. The second-order valence-electron chi connectivity index (χ2n) is 4.39. The Hall–Kier alpha value is -2.44. The average Bonchev–Trinajstić information content (AvgIpc) is 2.50. The van der Waals surface area contributed by atoms with Gasteiger partial charge >= 0.3 is 0 Å². The zero-order valence-electron chi connectivity index (χ0n) is 11.7. The number of carbonyl (C=O) groups is 1. The van der Waals surface area contributed by atoms with Gasteiger partial charge in [0.15, 0.2) is 12.4 Å². The summed E-state index contributed by atoms with van der Waals surface area (Å²) in [5.74, 6) is -0.458. The van der Waals surface area contributed by atoms with E-state index in [9.17, 15) is 4.79 Å². The van der Waals surface area contributed by atoms with Crippen molar-refractivity contribution in [2.24, 2.45) is 10.9 Å². The summed E-state index contributed by atoms with van der Waals surface area (Å²) in [5.41, 5.74) is 7.35. The van der Waals surface area contributed by atoms with E-state index >= 15 is 0 Å². The second-order valence-corrected chi connectivity index (χ2v) is 4.39. The number of amides is 1. The van der Waals surface area contributed by atoms with Crippen LogP contribution >= 0.6 is 0 Å². The number of nitrogens with two attached hydrogens (primary N) is 1. The molecule has 3 N–H and O–H groups in total. The molecule has 0 aliphatic carbocycles. The van der Waals surface area contributed by atoms with Crippen molar-refractivity contribution in [3.05, 3.63) is 65.5 Å². The predicted octanol–water partition coefficient (Wildman–Crippen LogP) is -1.94. The predicted molar refractivity (Wildman–Crippen MR) is 75.8 cm³/mol. The van der Waals surface area contributed by atoms with Crippen molar-refractivity contribution in [1.29, 1.82) is 0 Å². The third-order valence-electron chi connectivity index (χ3n) is 2.93. The van der Waals surface area contributed by atoms with Crippen molar-refractivity contribution in [2.45, 2.75) is 13.3 Å². The summed E-state index contributed by atoms with van der Waals surface area (Å²) >= 11 is 0. The van der Waals surface area contributed by atoms with Gasteiger partial charge in [-0.1, -0.05) is 29.4 Å². The number of aromatic nitrogens is 1. The van der Waals surface area contributed by atoms with E-state index in [2.05, 4.69) is 5.16 Å². The van der Waals surface area contributed by atoms with E-state index in [0.29, 0.717) is 18.9 Å². The Kier molecular flexibility index (Phi) is 7.01. The van der Waals surface area contributed by atoms with Crippen LogP contribution in [0.4, 0.5) is 0 Å². The fourth-order valence-electron chi connectivity index (χ4n) is 1.82. The molecule has 2 rings (SSSR count). The molecule has 0 spiro atoms. The van der Waals surface area contributed by atoms with Crippen LogP contribution in [0.15, 0.2) is 53.9 Å². The maximum Gasteiger partial charge on any atom is 0.252 e. The number of ether oxygens (including phenoxy) is 1. The number of nitrogens with zero attached hydrogens (tertiary/aromatic N) is 2. The van der Waals surface area contributed by atoms with E-state index in [-0.39, 0.29) is 12.4 Å². The van der Waals surface area contributed by atoms with E-state index < -0.39 is 5.91 Å². The van der Waals surface area contributed by atoms with Crippen LogP contribution in [0.2, 0.25) is 0 Å². The summed E-state index contributed by atoms with van der Waals surface area (Å²) in [6.45, 7) is 0.719. The molecule has 0 radical (unpaired) electrons. The fourth-order valence-corrected chi connectivity index (χ4v) is 1.82. The van der Waals surface area contributed by atoms with E-state index in [1.165, 1.54) is 6.21 Å². The molecule has 0 bridgehead atoms. The zero-order valence-corrected chi connectivity index (χ0v) is 12.5. The molecule has 0 unspecified atom stereocenters. The van der Waals surface area contributed by atoms with Crippen molar-refractivity contribution >= 4 is 12.1 Å². The first-order chi connectivity index (χ1) is 10.2. The molecule has 1 heterocycles. The van der Waals surface area contributed by atoms with Crippen molar-refractivity contribution in [2.75, 3.05) is 0 Å². The van der Waals surface area contributed by atoms with Crippen molar-refractivity contribution < 1.29 is 31.7 Å². The van der Waals surface area contributed by atoms with Crippen LogP contribution in [0.3, 0.4) is 0 Å². The van der Waals surface area contributed by atoms with E-state index in [1.807, 2.05) is 24.3 Å². The lowest BCUT2D eigenvalue weighted by Gasteiger charge is -2.05. The first kappa shape index (κ1) is 17.6. The molecule has 22 heavy (non-hydrogen) atoms. The van der Waals surface area contributed by atoms with Crippen molar-refractivity contribution in [3.63, 3.8) is 0 Å². The molecule has 0 fully saturated rings. The third kappa shape index (κ3) is 4.83. The number of hydrogen-bond acceptors (Lipinski definition) is 4. The van der Waals surface area contributed by atoms with Crippen molar-refractivity contribution in [3.8, 4) is 0 Å². The van der Waals surface area contributed by atoms with Gasteiger partial charge in [-0.05, 0) is 5.56 Å². The molecule has 0 aliphatic heterocycles. The molecule has 116 valence electrons. The highest BCUT2D eigenvalue weighted by atomic mass is 35.5. The molecule has 0 saturated heterocycles. The number of pyridine rings is 1. The van der Waals surface area contributed by atoms with E-state index in [1.54, 1.807) is 29.1 Å². The molecule has 6 nitrogen and oxygen atoms in total. The van der Waals surface area contributed by atoms with E-state index in [0.717, 1.165) is 11.1 Å². The summed E-state index contributed by atoms with van der Waals surface area (Å²) in [4.78, 5) is 11.0. The zero-order chi connectivity index (χ0) is 15.1. The Morgan fingerprint density at radius 1 is 1.27 bits per heavy atom. The van der Waals surface area contributed by atoms with Gasteiger partial charge in [0.2, 0.25) is 5.91 Å². The minimum atomic E-state index is -0.458. The molecule has 0 atom stereocenters. The van der Waals surface area contributed by atoms with Crippen LogP contribution in [0.1, 0.15) is 21.5 Å². The smallest absolute Gasteiger partial charge is 0.252 e. The highest BCUT2D eigenvalue weighted by Crippen LogP contribution is 2.07. The monoisotopic (exact) mass is 321 g/mol. The number of benzene rings is 1. The lowest BCUT2D eigenvalue weighted by molar-refractivity contribution is -0.733. The summed E-state index contributed by atoms with van der Waals surface area (Å²) in [6.07, 6.45) is 4.82. The standard InChI is InChI=1S/C15H15N3O3.ClH/c16-15(19)12-5-7-18(8-6-12)11-21-10-14-4-2-1-3-13(14)9-17-20;/h1-9H,10-11H2,(H2-,16,19,20);1H/b17-9+;. The number of rotatable bonds is 6. The number of carbonyl (C=O) groups excluding carboxylic acids is 1. The molecule has 7 heteroatoms.